The van der Waals surface area contributed by atoms with Gasteiger partial charge in [0.1, 0.15) is 16.8 Å². The van der Waals surface area contributed by atoms with E-state index in [2.05, 4.69) is 29.3 Å². The molecule has 0 saturated heterocycles. The van der Waals surface area contributed by atoms with Crippen LogP contribution in [-0.4, -0.2) is 20.5 Å². The van der Waals surface area contributed by atoms with Crippen molar-refractivity contribution in [3.05, 3.63) is 17.7 Å². The van der Waals surface area contributed by atoms with Crippen LogP contribution in [0.5, 0.6) is 5.75 Å². The van der Waals surface area contributed by atoms with Crippen LogP contribution in [-0.2, 0) is 0 Å². The number of phenols is 1. The van der Waals surface area contributed by atoms with E-state index in [1.807, 2.05) is 0 Å². The molecule has 0 aliphatic heterocycles. The zero-order chi connectivity index (χ0) is 9.42. The van der Waals surface area contributed by atoms with Gasteiger partial charge in [-0.15, -0.1) is 0 Å². The van der Waals surface area contributed by atoms with Gasteiger partial charge in [0, 0.05) is 6.07 Å². The highest BCUT2D eigenvalue weighted by Crippen LogP contribution is 2.26. The standard InChI is InChI=1S/C9H11N3O/c1-5(2)7-3-6(13)4-8-9(7)11-12-10-8/h3-5,13H,1-2H3,(H,10,11,12). The Morgan fingerprint density at radius 1 is 1.31 bits per heavy atom. The van der Waals surface area contributed by atoms with Crippen LogP contribution in [0.25, 0.3) is 11.0 Å². The molecule has 0 bridgehead atoms. The lowest BCUT2D eigenvalue weighted by Gasteiger charge is -2.05. The lowest BCUT2D eigenvalue weighted by atomic mass is 10.0. The fourth-order valence-corrected chi connectivity index (χ4v) is 1.40. The van der Waals surface area contributed by atoms with E-state index in [1.165, 1.54) is 0 Å². The molecule has 0 aliphatic carbocycles. The van der Waals surface area contributed by atoms with Crippen molar-refractivity contribution in [3.63, 3.8) is 0 Å². The van der Waals surface area contributed by atoms with Gasteiger partial charge < -0.3 is 5.11 Å². The zero-order valence-corrected chi connectivity index (χ0v) is 7.57. The van der Waals surface area contributed by atoms with Gasteiger partial charge in [-0.2, -0.15) is 15.4 Å². The Morgan fingerprint density at radius 3 is 2.77 bits per heavy atom. The first-order valence-corrected chi connectivity index (χ1v) is 4.22. The average molecular weight is 177 g/mol. The summed E-state index contributed by atoms with van der Waals surface area (Å²) in [4.78, 5) is 0. The van der Waals surface area contributed by atoms with Crippen LogP contribution in [0.4, 0.5) is 0 Å². The monoisotopic (exact) mass is 177 g/mol. The van der Waals surface area contributed by atoms with E-state index in [-0.39, 0.29) is 5.75 Å². The minimum Gasteiger partial charge on any atom is -0.508 e. The van der Waals surface area contributed by atoms with Crippen LogP contribution in [0.1, 0.15) is 25.3 Å². The summed E-state index contributed by atoms with van der Waals surface area (Å²) in [5, 5.41) is 19.9. The third-order valence-electron chi connectivity index (χ3n) is 2.06. The van der Waals surface area contributed by atoms with E-state index in [4.69, 9.17) is 0 Å². The molecule has 68 valence electrons. The topological polar surface area (TPSA) is 61.8 Å². The van der Waals surface area contributed by atoms with E-state index < -0.39 is 0 Å². The summed E-state index contributed by atoms with van der Waals surface area (Å²) in [5.41, 5.74) is 2.57. The highest BCUT2D eigenvalue weighted by Gasteiger charge is 2.09. The van der Waals surface area contributed by atoms with Gasteiger partial charge in [0.05, 0.1) is 0 Å². The Balaban J connectivity index is 2.77. The Hall–Kier alpha value is -1.58. The van der Waals surface area contributed by atoms with Crippen molar-refractivity contribution in [2.45, 2.75) is 19.8 Å². The molecule has 4 nitrogen and oxygen atoms in total. The molecule has 0 fully saturated rings. The number of nitrogens with zero attached hydrogens (tertiary/aromatic N) is 2. The molecule has 2 aromatic rings. The number of aromatic amines is 1. The molecule has 2 N–H and O–H groups in total. The number of fused-ring (bicyclic) bond motifs is 1. The number of hydrogen-bond donors (Lipinski definition) is 2. The zero-order valence-electron chi connectivity index (χ0n) is 7.57. The molecule has 1 aromatic carbocycles. The third kappa shape index (κ3) is 1.24. The first-order valence-electron chi connectivity index (χ1n) is 4.22. The lowest BCUT2D eigenvalue weighted by molar-refractivity contribution is 0.475. The smallest absolute Gasteiger partial charge is 0.118 e. The van der Waals surface area contributed by atoms with Gasteiger partial charge in [-0.25, -0.2) is 0 Å². The van der Waals surface area contributed by atoms with Crippen molar-refractivity contribution in [3.8, 4) is 5.75 Å². The number of hydrogen-bond acceptors (Lipinski definition) is 3. The molecule has 1 aromatic heterocycles. The molecule has 4 heteroatoms. The molecule has 0 radical (unpaired) electrons. The van der Waals surface area contributed by atoms with Crippen LogP contribution in [0.2, 0.25) is 0 Å². The summed E-state index contributed by atoms with van der Waals surface area (Å²) in [7, 11) is 0. The van der Waals surface area contributed by atoms with Crippen molar-refractivity contribution < 1.29 is 5.11 Å². The molecule has 2 rings (SSSR count). The number of aromatic nitrogens is 3. The Kier molecular flexibility index (Phi) is 1.69. The maximum atomic E-state index is 9.40. The van der Waals surface area contributed by atoms with Crippen molar-refractivity contribution in [1.82, 2.24) is 15.4 Å². The minimum atomic E-state index is 0.241. The predicted molar refractivity (Wildman–Crippen MR) is 49.6 cm³/mol. The van der Waals surface area contributed by atoms with Gasteiger partial charge in [0.15, 0.2) is 0 Å². The molecule has 0 aliphatic rings. The van der Waals surface area contributed by atoms with Crippen LogP contribution in [0.15, 0.2) is 12.1 Å². The summed E-state index contributed by atoms with van der Waals surface area (Å²) in [6, 6.07) is 3.33. The number of rotatable bonds is 1. The van der Waals surface area contributed by atoms with Gasteiger partial charge in [-0.05, 0) is 17.5 Å². The second-order valence-electron chi connectivity index (χ2n) is 3.38. The van der Waals surface area contributed by atoms with E-state index in [0.29, 0.717) is 11.4 Å². The van der Waals surface area contributed by atoms with E-state index in [0.717, 1.165) is 11.1 Å². The Morgan fingerprint density at radius 2 is 2.08 bits per heavy atom. The Labute approximate surface area is 75.6 Å². The second-order valence-corrected chi connectivity index (χ2v) is 3.38. The highest BCUT2D eigenvalue weighted by atomic mass is 16.3. The summed E-state index contributed by atoms with van der Waals surface area (Å²) in [5.74, 6) is 0.574. The highest BCUT2D eigenvalue weighted by molar-refractivity contribution is 5.79. The summed E-state index contributed by atoms with van der Waals surface area (Å²) >= 11 is 0. The molecule has 1 heterocycles. The SMILES string of the molecule is CC(C)c1cc(O)cc2n[nH]nc12. The number of aromatic hydroxyl groups is 1. The van der Waals surface area contributed by atoms with Crippen molar-refractivity contribution in [2.24, 2.45) is 0 Å². The molecule has 13 heavy (non-hydrogen) atoms. The van der Waals surface area contributed by atoms with Crippen LogP contribution >= 0.6 is 0 Å². The fourth-order valence-electron chi connectivity index (χ4n) is 1.40. The molecular weight excluding hydrogens is 166 g/mol. The summed E-state index contributed by atoms with van der Waals surface area (Å²) < 4.78 is 0. The third-order valence-corrected chi connectivity index (χ3v) is 2.06. The largest absolute Gasteiger partial charge is 0.508 e. The molecule has 0 spiro atoms. The summed E-state index contributed by atoms with van der Waals surface area (Å²) in [6.07, 6.45) is 0. The van der Waals surface area contributed by atoms with Crippen LogP contribution in [0, 0.1) is 0 Å². The van der Waals surface area contributed by atoms with Crippen LogP contribution < -0.4 is 0 Å². The summed E-state index contributed by atoms with van der Waals surface area (Å²) in [6.45, 7) is 4.12. The van der Waals surface area contributed by atoms with Crippen LogP contribution in [0.3, 0.4) is 0 Å². The van der Waals surface area contributed by atoms with Gasteiger partial charge >= 0.3 is 0 Å². The maximum Gasteiger partial charge on any atom is 0.118 e. The normalized spacial score (nSPS) is 11.3. The van der Waals surface area contributed by atoms with Gasteiger partial charge in [-0.1, -0.05) is 13.8 Å². The van der Waals surface area contributed by atoms with E-state index >= 15 is 0 Å². The first-order chi connectivity index (χ1) is 6.18. The number of benzene rings is 1. The minimum absolute atomic E-state index is 0.241. The molecular formula is C9H11N3O. The lowest BCUT2D eigenvalue weighted by Crippen LogP contribution is -1.89. The predicted octanol–water partition coefficient (Wildman–Crippen LogP) is 1.79. The molecule has 0 unspecified atom stereocenters. The van der Waals surface area contributed by atoms with E-state index in [9.17, 15) is 5.11 Å². The van der Waals surface area contributed by atoms with Gasteiger partial charge in [0.2, 0.25) is 0 Å². The number of phenolic OH excluding ortho intramolecular Hbond substituents is 1. The molecule has 0 atom stereocenters. The molecule has 0 amide bonds. The fraction of sp³-hybridized carbons (Fsp3) is 0.333. The Bertz CT molecular complexity index is 433. The second kappa shape index (κ2) is 2.73. The number of nitrogens with one attached hydrogen (secondary N) is 1. The van der Waals surface area contributed by atoms with E-state index in [1.54, 1.807) is 12.1 Å². The first kappa shape index (κ1) is 8.04. The van der Waals surface area contributed by atoms with Crippen molar-refractivity contribution in [2.75, 3.05) is 0 Å². The molecule has 0 saturated carbocycles. The number of H-pyrrole nitrogens is 1. The van der Waals surface area contributed by atoms with Crippen molar-refractivity contribution >= 4 is 11.0 Å². The van der Waals surface area contributed by atoms with Gasteiger partial charge in [-0.3, -0.25) is 0 Å². The quantitative estimate of drug-likeness (QED) is 0.698. The maximum absolute atomic E-state index is 9.40. The van der Waals surface area contributed by atoms with Crippen molar-refractivity contribution in [1.29, 1.82) is 0 Å². The average Bonchev–Trinajstić information content (AvgIpc) is 2.49. The van der Waals surface area contributed by atoms with Gasteiger partial charge in [0.25, 0.3) is 0 Å².